The summed E-state index contributed by atoms with van der Waals surface area (Å²) in [5.74, 6) is -2.02. The Balaban J connectivity index is 0.000000784. The Bertz CT molecular complexity index is 2150. The number of amides is 3. The summed E-state index contributed by atoms with van der Waals surface area (Å²) in [6.07, 6.45) is -3.67. The molecule has 3 aromatic carbocycles. The maximum Gasteiger partial charge on any atom is 0.430 e. The summed E-state index contributed by atoms with van der Waals surface area (Å²) in [6, 6.07) is 18.7. The van der Waals surface area contributed by atoms with E-state index in [9.17, 15) is 36.3 Å². The SMILES string of the molecule is C[N+]1(Cc2ccc3c(c2)OCO3)CCC[C@H](N(C(=O)Nc2ccc(OS(=O)(=O)c3ccc(Cl)s3)cc2)C(=O)[C@@H](N)Cc2ccc(O)cc2)C1.O=C([O-])C(F)(F)F. The lowest BCUT2D eigenvalue weighted by Gasteiger charge is -2.44. The van der Waals surface area contributed by atoms with Crippen LogP contribution in [-0.2, 0) is 32.7 Å². The Morgan fingerprint density at radius 2 is 1.70 bits per heavy atom. The summed E-state index contributed by atoms with van der Waals surface area (Å²) in [7, 11) is -1.99. The maximum absolute atomic E-state index is 14.0. The van der Waals surface area contributed by atoms with Gasteiger partial charge in [0.05, 0.1) is 30.0 Å². The number of carboxylic acids is 1. The third kappa shape index (κ3) is 11.0. The Morgan fingerprint density at radius 3 is 2.32 bits per heavy atom. The molecule has 3 heterocycles. The molecule has 3 atom stereocenters. The van der Waals surface area contributed by atoms with Crippen LogP contribution < -0.4 is 29.8 Å². The van der Waals surface area contributed by atoms with Crippen LogP contribution >= 0.6 is 22.9 Å². The van der Waals surface area contributed by atoms with Crippen molar-refractivity contribution in [1.29, 1.82) is 0 Å². The van der Waals surface area contributed by atoms with Gasteiger partial charge in [-0.05, 0) is 91.6 Å². The summed E-state index contributed by atoms with van der Waals surface area (Å²) in [4.78, 5) is 38.0. The molecule has 2 aliphatic rings. The fraction of sp³-hybridized carbons (Fsp3) is 0.306. The van der Waals surface area contributed by atoms with Gasteiger partial charge in [-0.25, -0.2) is 4.79 Å². The Morgan fingerprint density at radius 1 is 1.05 bits per heavy atom. The number of carboxylic acid groups (broad SMARTS) is 1. The van der Waals surface area contributed by atoms with E-state index in [-0.39, 0.29) is 28.9 Å². The molecule has 2 aliphatic heterocycles. The maximum atomic E-state index is 14.0. The van der Waals surface area contributed by atoms with E-state index in [1.807, 2.05) is 18.2 Å². The number of rotatable bonds is 10. The number of urea groups is 1. The number of piperidine rings is 1. The zero-order valence-electron chi connectivity index (χ0n) is 29.5. The molecule has 3 amide bonds. The van der Waals surface area contributed by atoms with Gasteiger partial charge in [0.25, 0.3) is 0 Å². The highest BCUT2D eigenvalue weighted by Crippen LogP contribution is 2.34. The van der Waals surface area contributed by atoms with E-state index < -0.39 is 46.3 Å². The number of nitrogens with zero attached hydrogens (tertiary/aromatic N) is 2. The summed E-state index contributed by atoms with van der Waals surface area (Å²) >= 11 is 6.76. The van der Waals surface area contributed by atoms with Gasteiger partial charge in [0.15, 0.2) is 15.7 Å². The molecule has 0 bridgehead atoms. The van der Waals surface area contributed by atoms with Gasteiger partial charge >= 0.3 is 22.3 Å². The predicted octanol–water partition coefficient (Wildman–Crippen LogP) is 4.64. The van der Waals surface area contributed by atoms with Crippen LogP contribution in [0, 0.1) is 0 Å². The molecule has 6 rings (SSSR count). The third-order valence-electron chi connectivity index (χ3n) is 8.76. The van der Waals surface area contributed by atoms with Crippen LogP contribution in [0.2, 0.25) is 4.34 Å². The minimum atomic E-state index is -5.19. The zero-order chi connectivity index (χ0) is 40.8. The number of aliphatic carboxylic acids is 1. The average molecular weight is 841 g/mol. The fourth-order valence-electron chi connectivity index (χ4n) is 6.21. The van der Waals surface area contributed by atoms with Crippen molar-refractivity contribution in [2.75, 3.05) is 32.2 Å². The highest BCUT2D eigenvalue weighted by molar-refractivity contribution is 7.89. The van der Waals surface area contributed by atoms with Crippen LogP contribution in [0.3, 0.4) is 0 Å². The number of fused-ring (bicyclic) bond motifs is 1. The van der Waals surface area contributed by atoms with Crippen LogP contribution in [0.1, 0.15) is 24.0 Å². The van der Waals surface area contributed by atoms with Crippen molar-refractivity contribution in [3.8, 4) is 23.0 Å². The quantitative estimate of drug-likeness (QED) is 0.149. The first-order chi connectivity index (χ1) is 26.3. The lowest BCUT2D eigenvalue weighted by Crippen LogP contribution is -2.62. The number of ether oxygens (including phenoxy) is 2. The van der Waals surface area contributed by atoms with E-state index in [0.29, 0.717) is 45.5 Å². The molecule has 1 unspecified atom stereocenters. The van der Waals surface area contributed by atoms with E-state index in [1.54, 1.807) is 12.1 Å². The van der Waals surface area contributed by atoms with Gasteiger partial charge in [-0.2, -0.15) is 21.6 Å². The topological polar surface area (TPSA) is 198 Å². The van der Waals surface area contributed by atoms with Gasteiger partial charge in [0.2, 0.25) is 12.7 Å². The van der Waals surface area contributed by atoms with Crippen molar-refractivity contribution < 1.29 is 64.3 Å². The first-order valence-electron chi connectivity index (χ1n) is 16.8. The van der Waals surface area contributed by atoms with Gasteiger partial charge in [0.1, 0.15) is 30.6 Å². The number of imide groups is 1. The minimum Gasteiger partial charge on any atom is -0.542 e. The number of likely N-dealkylation sites (tertiary alicyclic amines) is 1. The molecule has 20 heteroatoms. The molecule has 0 saturated carbocycles. The molecule has 1 fully saturated rings. The normalized spacial score (nSPS) is 18.2. The first-order valence-corrected chi connectivity index (χ1v) is 19.4. The molecule has 0 spiro atoms. The van der Waals surface area contributed by atoms with E-state index in [0.717, 1.165) is 35.4 Å². The second-order valence-corrected chi connectivity index (χ2v) is 16.7. The lowest BCUT2D eigenvalue weighted by molar-refractivity contribution is -0.928. The van der Waals surface area contributed by atoms with Crippen molar-refractivity contribution in [2.24, 2.45) is 5.73 Å². The molecular formula is C36H36ClF3N4O10S2. The molecule has 300 valence electrons. The van der Waals surface area contributed by atoms with Gasteiger partial charge < -0.3 is 44.2 Å². The van der Waals surface area contributed by atoms with Crippen molar-refractivity contribution in [2.45, 2.75) is 48.3 Å². The van der Waals surface area contributed by atoms with Crippen LogP contribution in [-0.4, -0.2) is 86.0 Å². The molecule has 0 radical (unpaired) electrons. The molecule has 1 aromatic heterocycles. The summed E-state index contributed by atoms with van der Waals surface area (Å²) < 4.78 is 73.9. The van der Waals surface area contributed by atoms with E-state index in [1.165, 1.54) is 53.4 Å². The Kier molecular flexibility index (Phi) is 13.1. The zero-order valence-corrected chi connectivity index (χ0v) is 31.9. The number of carbonyl (C=O) groups is 3. The van der Waals surface area contributed by atoms with E-state index >= 15 is 0 Å². The number of anilines is 1. The Labute approximate surface area is 328 Å². The number of nitrogens with two attached hydrogens (primary N) is 1. The molecular weight excluding hydrogens is 805 g/mol. The number of carbonyl (C=O) groups excluding carboxylic acids is 3. The molecule has 14 nitrogen and oxygen atoms in total. The van der Waals surface area contributed by atoms with Gasteiger partial charge in [0, 0.05) is 11.3 Å². The summed E-state index contributed by atoms with van der Waals surface area (Å²) in [5, 5.41) is 21.3. The van der Waals surface area contributed by atoms with Crippen molar-refractivity contribution in [3.05, 3.63) is 94.3 Å². The number of phenols is 1. The van der Waals surface area contributed by atoms with Crippen LogP contribution in [0.4, 0.5) is 23.7 Å². The number of aromatic hydroxyl groups is 1. The molecule has 1 saturated heterocycles. The number of hydrogen-bond acceptors (Lipinski definition) is 12. The number of benzene rings is 3. The van der Waals surface area contributed by atoms with Crippen molar-refractivity contribution >= 4 is 56.7 Å². The van der Waals surface area contributed by atoms with Gasteiger partial charge in [-0.15, -0.1) is 11.3 Å². The number of phenolic OH excluding ortho intramolecular Hbond substituents is 1. The van der Waals surface area contributed by atoms with Crippen LogP contribution in [0.5, 0.6) is 23.0 Å². The lowest BCUT2D eigenvalue weighted by atomic mass is 9.98. The van der Waals surface area contributed by atoms with Crippen LogP contribution in [0.15, 0.2) is 83.1 Å². The summed E-state index contributed by atoms with van der Waals surface area (Å²) in [5.41, 5.74) is 8.56. The van der Waals surface area contributed by atoms with Crippen molar-refractivity contribution in [1.82, 2.24) is 4.90 Å². The molecule has 56 heavy (non-hydrogen) atoms. The van der Waals surface area contributed by atoms with Gasteiger partial charge in [-0.3, -0.25) is 9.69 Å². The highest BCUT2D eigenvalue weighted by Gasteiger charge is 2.41. The number of hydrogen-bond donors (Lipinski definition) is 3. The van der Waals surface area contributed by atoms with Gasteiger partial charge in [-0.1, -0.05) is 23.7 Å². The molecule has 4 aromatic rings. The van der Waals surface area contributed by atoms with E-state index in [4.69, 9.17) is 40.9 Å². The Hall–Kier alpha value is -5.08. The number of likely N-dealkylation sites (N-methyl/N-ethyl adjacent to an activating group) is 1. The standard InChI is InChI=1S/C34H35ClN4O8S2.C2HF3O2/c1-39(19-23-6-13-29-30(18-23)46-21-45-29)16-2-3-25(20-39)38(33(41)28(36)17-22-4-9-26(40)10-5-22)34(42)37-24-7-11-27(12-8-24)47-49(43,44)32-15-14-31(35)48-32;3-2(4,5)1(6)7/h4-15,18,25,28H,2-3,16-17,19-21,36H2,1H3,(H-,37,40,42);(H,6,7)/t25-,28-,39?;/m0./s1. The largest absolute Gasteiger partial charge is 0.542 e. The first kappa shape index (κ1) is 42.1. The van der Waals surface area contributed by atoms with E-state index in [2.05, 4.69) is 12.4 Å². The van der Waals surface area contributed by atoms with Crippen molar-refractivity contribution in [3.63, 3.8) is 0 Å². The van der Waals surface area contributed by atoms with Crippen LogP contribution in [0.25, 0.3) is 0 Å². The minimum absolute atomic E-state index is 0.0373. The number of halogens is 4. The second kappa shape index (κ2) is 17.4. The fourth-order valence-corrected chi connectivity index (χ4v) is 8.58. The smallest absolute Gasteiger partial charge is 0.430 e. The summed E-state index contributed by atoms with van der Waals surface area (Å²) in [6.45, 7) is 2.17. The molecule has 0 aliphatic carbocycles. The average Bonchev–Trinajstić information content (AvgIpc) is 3.79. The number of nitrogens with one attached hydrogen (secondary N) is 1. The third-order valence-corrected chi connectivity index (χ3v) is 11.7. The molecule has 4 N–H and O–H groups in total. The second-order valence-electron chi connectivity index (χ2n) is 13.2. The predicted molar refractivity (Wildman–Crippen MR) is 196 cm³/mol. The number of alkyl halides is 3. The number of quaternary nitrogens is 1. The highest BCUT2D eigenvalue weighted by atomic mass is 35.5. The number of thiophene rings is 1. The monoisotopic (exact) mass is 840 g/mol.